The molecule has 0 saturated heterocycles. The first-order valence-electron chi connectivity index (χ1n) is 4.73. The van der Waals surface area contributed by atoms with Crippen LogP contribution in [0, 0.1) is 0 Å². The molecule has 0 bridgehead atoms. The van der Waals surface area contributed by atoms with Crippen molar-refractivity contribution in [2.45, 2.75) is 19.3 Å². The van der Waals surface area contributed by atoms with Gasteiger partial charge in [-0.15, -0.1) is 6.58 Å². The molecule has 1 unspecified atom stereocenters. The lowest BCUT2D eigenvalue weighted by Gasteiger charge is -2.15. The van der Waals surface area contributed by atoms with Crippen molar-refractivity contribution in [3.63, 3.8) is 0 Å². The quantitative estimate of drug-likeness (QED) is 0.757. The van der Waals surface area contributed by atoms with E-state index in [1.165, 1.54) is 5.56 Å². The van der Waals surface area contributed by atoms with Crippen LogP contribution in [-0.2, 0) is 0 Å². The minimum atomic E-state index is 0.339. The highest BCUT2D eigenvalue weighted by molar-refractivity contribution is 6.30. The maximum absolute atomic E-state index is 5.92. The minimum absolute atomic E-state index is 0.339. The van der Waals surface area contributed by atoms with Crippen LogP contribution in [0.25, 0.3) is 0 Å². The van der Waals surface area contributed by atoms with E-state index in [0.29, 0.717) is 12.5 Å². The third kappa shape index (κ3) is 3.17. The summed E-state index contributed by atoms with van der Waals surface area (Å²) in [6.45, 7) is 6.56. The van der Waals surface area contributed by atoms with Crippen LogP contribution in [0.15, 0.2) is 36.4 Å². The van der Waals surface area contributed by atoms with Crippen molar-refractivity contribution in [2.75, 3.05) is 6.54 Å². The first kappa shape index (κ1) is 11.3. The lowest BCUT2D eigenvalue weighted by atomic mass is 9.93. The van der Waals surface area contributed by atoms with E-state index < -0.39 is 0 Å². The standard InChI is InChI=1S/C12H16ClN/c1-9(2)6-11(8-14)10-4-3-5-12(13)7-10/h3-5,7,11H,1,6,8,14H2,2H3. The minimum Gasteiger partial charge on any atom is -0.330 e. The molecule has 0 aromatic heterocycles. The highest BCUT2D eigenvalue weighted by Crippen LogP contribution is 2.24. The molecule has 2 N–H and O–H groups in total. The first-order chi connectivity index (χ1) is 6.63. The highest BCUT2D eigenvalue weighted by Gasteiger charge is 2.09. The van der Waals surface area contributed by atoms with Gasteiger partial charge < -0.3 is 5.73 Å². The third-order valence-corrected chi connectivity index (χ3v) is 2.43. The molecule has 14 heavy (non-hydrogen) atoms. The van der Waals surface area contributed by atoms with Gasteiger partial charge in [0, 0.05) is 5.02 Å². The molecular weight excluding hydrogens is 194 g/mol. The second-order valence-electron chi connectivity index (χ2n) is 3.65. The molecule has 0 radical (unpaired) electrons. The summed E-state index contributed by atoms with van der Waals surface area (Å²) < 4.78 is 0. The Kier molecular flexibility index (Phi) is 4.18. The molecule has 0 fully saturated rings. The predicted molar refractivity (Wildman–Crippen MR) is 62.7 cm³/mol. The monoisotopic (exact) mass is 209 g/mol. The van der Waals surface area contributed by atoms with Crippen LogP contribution in [0.2, 0.25) is 5.02 Å². The molecule has 1 aromatic carbocycles. The zero-order valence-electron chi connectivity index (χ0n) is 8.46. The van der Waals surface area contributed by atoms with E-state index in [2.05, 4.69) is 12.6 Å². The van der Waals surface area contributed by atoms with Crippen LogP contribution in [-0.4, -0.2) is 6.54 Å². The molecule has 76 valence electrons. The maximum Gasteiger partial charge on any atom is 0.0408 e. The summed E-state index contributed by atoms with van der Waals surface area (Å²) in [7, 11) is 0. The highest BCUT2D eigenvalue weighted by atomic mass is 35.5. The van der Waals surface area contributed by atoms with Crippen LogP contribution in [0.1, 0.15) is 24.8 Å². The second kappa shape index (κ2) is 5.18. The Balaban J connectivity index is 2.83. The number of hydrogen-bond acceptors (Lipinski definition) is 1. The Morgan fingerprint density at radius 1 is 1.57 bits per heavy atom. The van der Waals surface area contributed by atoms with Gasteiger partial charge in [-0.1, -0.05) is 29.3 Å². The van der Waals surface area contributed by atoms with Gasteiger partial charge in [-0.2, -0.15) is 0 Å². The molecule has 0 spiro atoms. The summed E-state index contributed by atoms with van der Waals surface area (Å²) in [5.41, 5.74) is 8.07. The molecule has 2 heteroatoms. The van der Waals surface area contributed by atoms with E-state index in [1.807, 2.05) is 25.1 Å². The fourth-order valence-electron chi connectivity index (χ4n) is 1.52. The maximum atomic E-state index is 5.92. The van der Waals surface area contributed by atoms with Gasteiger partial charge in [0.15, 0.2) is 0 Å². The average molecular weight is 210 g/mol. The van der Waals surface area contributed by atoms with E-state index in [9.17, 15) is 0 Å². The van der Waals surface area contributed by atoms with Crippen molar-refractivity contribution in [1.29, 1.82) is 0 Å². The fourth-order valence-corrected chi connectivity index (χ4v) is 1.72. The molecular formula is C12H16ClN. The van der Waals surface area contributed by atoms with Crippen LogP contribution in [0.5, 0.6) is 0 Å². The van der Waals surface area contributed by atoms with Crippen LogP contribution in [0.3, 0.4) is 0 Å². The number of hydrogen-bond donors (Lipinski definition) is 1. The average Bonchev–Trinajstić information content (AvgIpc) is 2.14. The summed E-state index contributed by atoms with van der Waals surface area (Å²) in [5.74, 6) is 0.339. The van der Waals surface area contributed by atoms with Crippen molar-refractivity contribution in [3.05, 3.63) is 47.0 Å². The fraction of sp³-hybridized carbons (Fsp3) is 0.333. The smallest absolute Gasteiger partial charge is 0.0408 e. The van der Waals surface area contributed by atoms with E-state index in [0.717, 1.165) is 17.0 Å². The van der Waals surface area contributed by atoms with Gasteiger partial charge in [0.05, 0.1) is 0 Å². The zero-order valence-corrected chi connectivity index (χ0v) is 9.22. The van der Waals surface area contributed by atoms with Crippen LogP contribution < -0.4 is 5.73 Å². The van der Waals surface area contributed by atoms with E-state index in [4.69, 9.17) is 17.3 Å². The van der Waals surface area contributed by atoms with E-state index in [-0.39, 0.29) is 0 Å². The third-order valence-electron chi connectivity index (χ3n) is 2.20. The lowest BCUT2D eigenvalue weighted by molar-refractivity contribution is 0.690. The van der Waals surface area contributed by atoms with Gasteiger partial charge in [-0.3, -0.25) is 0 Å². The summed E-state index contributed by atoms with van der Waals surface area (Å²) in [6.07, 6.45) is 0.927. The van der Waals surface area contributed by atoms with Gasteiger partial charge in [0.25, 0.3) is 0 Å². The molecule has 0 amide bonds. The summed E-state index contributed by atoms with van der Waals surface area (Å²) in [5, 5.41) is 0.766. The molecule has 1 rings (SSSR count). The van der Waals surface area contributed by atoms with Gasteiger partial charge in [0.2, 0.25) is 0 Å². The number of allylic oxidation sites excluding steroid dienone is 1. The van der Waals surface area contributed by atoms with Crippen molar-refractivity contribution in [1.82, 2.24) is 0 Å². The first-order valence-corrected chi connectivity index (χ1v) is 5.11. The van der Waals surface area contributed by atoms with Crippen molar-refractivity contribution < 1.29 is 0 Å². The van der Waals surface area contributed by atoms with Gasteiger partial charge in [0.1, 0.15) is 0 Å². The number of nitrogens with two attached hydrogens (primary N) is 1. The Labute approximate surface area is 90.6 Å². The van der Waals surface area contributed by atoms with Crippen molar-refractivity contribution >= 4 is 11.6 Å². The zero-order chi connectivity index (χ0) is 10.6. The van der Waals surface area contributed by atoms with Crippen LogP contribution in [0.4, 0.5) is 0 Å². The normalized spacial score (nSPS) is 12.5. The molecule has 1 atom stereocenters. The lowest BCUT2D eigenvalue weighted by Crippen LogP contribution is -2.12. The SMILES string of the molecule is C=C(C)CC(CN)c1cccc(Cl)c1. The summed E-state index contributed by atoms with van der Waals surface area (Å²) in [4.78, 5) is 0. The predicted octanol–water partition coefficient (Wildman–Crippen LogP) is 3.35. The Morgan fingerprint density at radius 3 is 2.79 bits per heavy atom. The van der Waals surface area contributed by atoms with Gasteiger partial charge >= 0.3 is 0 Å². The van der Waals surface area contributed by atoms with E-state index >= 15 is 0 Å². The molecule has 0 aliphatic heterocycles. The summed E-state index contributed by atoms with van der Waals surface area (Å²) in [6, 6.07) is 7.87. The van der Waals surface area contributed by atoms with Crippen molar-refractivity contribution in [3.8, 4) is 0 Å². The molecule has 1 nitrogen and oxygen atoms in total. The van der Waals surface area contributed by atoms with Crippen molar-refractivity contribution in [2.24, 2.45) is 5.73 Å². The molecule has 0 aliphatic rings. The Bertz CT molecular complexity index is 320. The molecule has 0 heterocycles. The Hall–Kier alpha value is -0.790. The largest absolute Gasteiger partial charge is 0.330 e. The van der Waals surface area contributed by atoms with E-state index in [1.54, 1.807) is 0 Å². The summed E-state index contributed by atoms with van der Waals surface area (Å²) >= 11 is 5.92. The second-order valence-corrected chi connectivity index (χ2v) is 4.09. The molecule has 0 aliphatic carbocycles. The number of halogens is 1. The van der Waals surface area contributed by atoms with Gasteiger partial charge in [-0.25, -0.2) is 0 Å². The van der Waals surface area contributed by atoms with Gasteiger partial charge in [-0.05, 0) is 43.5 Å². The number of benzene rings is 1. The van der Waals surface area contributed by atoms with Crippen LogP contribution >= 0.6 is 11.6 Å². The Morgan fingerprint density at radius 2 is 2.29 bits per heavy atom. The molecule has 0 saturated carbocycles. The number of rotatable bonds is 4. The topological polar surface area (TPSA) is 26.0 Å². The molecule has 1 aromatic rings.